The predicted octanol–water partition coefficient (Wildman–Crippen LogP) is 5.77. The van der Waals surface area contributed by atoms with Gasteiger partial charge in [-0.05, 0) is 80.0 Å². The van der Waals surface area contributed by atoms with Gasteiger partial charge in [0.1, 0.15) is 28.9 Å². The number of hydrogen-bond acceptors (Lipinski definition) is 6. The summed E-state index contributed by atoms with van der Waals surface area (Å²) >= 11 is 6.23. The third-order valence-corrected chi connectivity index (χ3v) is 10.9. The van der Waals surface area contributed by atoms with Gasteiger partial charge in [-0.1, -0.05) is 11.6 Å². The molecule has 1 aromatic heterocycles. The molecule has 14 heteroatoms. The van der Waals surface area contributed by atoms with Crippen molar-refractivity contribution in [1.82, 2.24) is 4.98 Å². The molecule has 5 atom stereocenters. The average Bonchev–Trinajstić information content (AvgIpc) is 3.10. The summed E-state index contributed by atoms with van der Waals surface area (Å²) in [5, 5.41) is 23.7. The number of halogens is 6. The van der Waals surface area contributed by atoms with E-state index in [2.05, 4.69) is 10.3 Å². The predicted molar refractivity (Wildman–Crippen MR) is 141 cm³/mol. The Hall–Kier alpha value is -3.13. The second kappa shape index (κ2) is 11.2. The van der Waals surface area contributed by atoms with Crippen LogP contribution in [0.2, 0.25) is 5.02 Å². The van der Waals surface area contributed by atoms with Gasteiger partial charge in [0.05, 0.1) is 15.2 Å². The Balaban J connectivity index is 1.40. The molecule has 2 saturated carbocycles. The Bertz CT molecular complexity index is 1640. The fourth-order valence-corrected chi connectivity index (χ4v) is 8.47. The Morgan fingerprint density at radius 2 is 1.62 bits per heavy atom. The normalized spacial score (nSPS) is 24.5. The number of rotatable bonds is 7. The molecular formula is C28H24ClF5N2O5S. The maximum Gasteiger partial charge on any atom is 0.280 e. The quantitative estimate of drug-likeness (QED) is 0.286. The monoisotopic (exact) mass is 630 g/mol. The van der Waals surface area contributed by atoms with E-state index in [1.807, 2.05) is 0 Å². The zero-order chi connectivity index (χ0) is 30.6. The van der Waals surface area contributed by atoms with Crippen LogP contribution in [0.5, 0.6) is 0 Å². The van der Waals surface area contributed by atoms with Gasteiger partial charge < -0.3 is 15.5 Å². The van der Waals surface area contributed by atoms with Gasteiger partial charge in [0.15, 0.2) is 21.5 Å². The highest BCUT2D eigenvalue weighted by molar-refractivity contribution is 7.92. The highest BCUT2D eigenvalue weighted by Gasteiger charge is 2.60. The van der Waals surface area contributed by atoms with Crippen LogP contribution in [-0.4, -0.2) is 40.4 Å². The molecule has 1 heterocycles. The van der Waals surface area contributed by atoms with Gasteiger partial charge in [0.2, 0.25) is 0 Å². The molecule has 2 aliphatic carbocycles. The Morgan fingerprint density at radius 3 is 2.24 bits per heavy atom. The molecule has 7 nitrogen and oxygen atoms in total. The molecule has 224 valence electrons. The van der Waals surface area contributed by atoms with E-state index in [9.17, 15) is 45.4 Å². The second-order valence-electron chi connectivity index (χ2n) is 10.5. The lowest BCUT2D eigenvalue weighted by atomic mass is 9.70. The van der Waals surface area contributed by atoms with Crippen LogP contribution in [0.25, 0.3) is 0 Å². The standard InChI is InChI=1S/C28H24ClF5N2O5S/c29-18-5-1-13(27(38)35-16-4-6-19(30)21(32)12-16)9-23(18)42(40,41)17-10-14-2-3-15(11-17)28(14,39)25(37)24-20(31)7-8-22(36-24)26(33)34/h1,4-9,12,14-15,17,25-26,37,39H,2-3,10-11H2,(H,35,38)/t14-,15?,17?,25?,28?/m0/s1. The molecule has 2 bridgehead atoms. The summed E-state index contributed by atoms with van der Waals surface area (Å²) in [6.45, 7) is 0. The molecular weight excluding hydrogens is 607 g/mol. The largest absolute Gasteiger partial charge is 0.386 e. The number of anilines is 1. The molecule has 5 rings (SSSR count). The molecule has 0 aliphatic heterocycles. The van der Waals surface area contributed by atoms with Gasteiger partial charge in [-0.2, -0.15) is 0 Å². The molecule has 2 aliphatic rings. The van der Waals surface area contributed by atoms with Crippen LogP contribution in [0.1, 0.15) is 60.0 Å². The molecule has 1 amide bonds. The summed E-state index contributed by atoms with van der Waals surface area (Å²) in [5.41, 5.74) is -3.73. The first-order chi connectivity index (χ1) is 19.7. The molecule has 3 N–H and O–H groups in total. The molecule has 2 fully saturated rings. The van der Waals surface area contributed by atoms with Gasteiger partial charge in [-0.25, -0.2) is 35.4 Å². The van der Waals surface area contributed by atoms with Crippen LogP contribution >= 0.6 is 11.6 Å². The van der Waals surface area contributed by atoms with Crippen molar-refractivity contribution in [2.75, 3.05) is 5.32 Å². The van der Waals surface area contributed by atoms with Gasteiger partial charge in [-0.15, -0.1) is 0 Å². The van der Waals surface area contributed by atoms with Crippen molar-refractivity contribution in [1.29, 1.82) is 0 Å². The van der Waals surface area contributed by atoms with Crippen molar-refractivity contribution in [3.8, 4) is 0 Å². The first-order valence-electron chi connectivity index (χ1n) is 12.9. The van der Waals surface area contributed by atoms with Crippen molar-refractivity contribution in [3.05, 3.63) is 88.0 Å². The number of aliphatic hydroxyl groups is 2. The minimum absolute atomic E-state index is 0.0648. The number of alkyl halides is 2. The topological polar surface area (TPSA) is 117 Å². The number of sulfone groups is 1. The van der Waals surface area contributed by atoms with Crippen LogP contribution in [0, 0.1) is 29.3 Å². The number of carbonyl (C=O) groups excluding carboxylic acids is 1. The third kappa shape index (κ3) is 5.27. The van der Waals surface area contributed by atoms with Crippen molar-refractivity contribution in [2.45, 2.75) is 54.0 Å². The van der Waals surface area contributed by atoms with E-state index in [4.69, 9.17) is 11.6 Å². The van der Waals surface area contributed by atoms with Crippen LogP contribution < -0.4 is 5.32 Å². The molecule has 0 radical (unpaired) electrons. The fourth-order valence-electron chi connectivity index (χ4n) is 6.07. The van der Waals surface area contributed by atoms with E-state index in [0.29, 0.717) is 0 Å². The lowest BCUT2D eigenvalue weighted by Gasteiger charge is -2.45. The first kappa shape index (κ1) is 30.3. The maximum atomic E-state index is 14.5. The molecule has 3 aromatic rings. The lowest BCUT2D eigenvalue weighted by Crippen LogP contribution is -2.52. The van der Waals surface area contributed by atoms with Crippen molar-refractivity contribution >= 4 is 33.0 Å². The number of benzene rings is 2. The molecule has 42 heavy (non-hydrogen) atoms. The van der Waals surface area contributed by atoms with Crippen LogP contribution in [0.3, 0.4) is 0 Å². The van der Waals surface area contributed by atoms with E-state index >= 15 is 0 Å². The summed E-state index contributed by atoms with van der Waals surface area (Å²) in [6.07, 6.45) is -4.78. The minimum Gasteiger partial charge on any atom is -0.386 e. The molecule has 0 saturated heterocycles. The number of nitrogens with one attached hydrogen (secondary N) is 1. The summed E-state index contributed by atoms with van der Waals surface area (Å²) in [5.74, 6) is -5.89. The van der Waals surface area contributed by atoms with Crippen LogP contribution in [-0.2, 0) is 9.84 Å². The SMILES string of the molecule is O=C(Nc1ccc(F)c(F)c1)c1ccc(Cl)c(S(=O)(=O)C2CC3CC[C@@H](C2)C3(O)C(O)c2nc(C(F)F)ccc2F)c1. The highest BCUT2D eigenvalue weighted by atomic mass is 35.5. The van der Waals surface area contributed by atoms with Gasteiger partial charge >= 0.3 is 0 Å². The highest BCUT2D eigenvalue weighted by Crippen LogP contribution is 2.56. The Morgan fingerprint density at radius 1 is 0.976 bits per heavy atom. The zero-order valence-corrected chi connectivity index (χ0v) is 23.1. The van der Waals surface area contributed by atoms with Crippen LogP contribution in [0.4, 0.5) is 27.6 Å². The number of fused-ring (bicyclic) bond motifs is 2. The molecule has 4 unspecified atom stereocenters. The smallest absolute Gasteiger partial charge is 0.280 e. The fraction of sp³-hybridized carbons (Fsp3) is 0.357. The third-order valence-electron chi connectivity index (χ3n) is 8.20. The van der Waals surface area contributed by atoms with Gasteiger partial charge in [-0.3, -0.25) is 4.79 Å². The number of nitrogens with zero attached hydrogens (tertiary/aromatic N) is 1. The van der Waals surface area contributed by atoms with E-state index < -0.39 is 79.8 Å². The lowest BCUT2D eigenvalue weighted by molar-refractivity contribution is -0.147. The first-order valence-corrected chi connectivity index (χ1v) is 14.8. The zero-order valence-electron chi connectivity index (χ0n) is 21.6. The summed E-state index contributed by atoms with van der Waals surface area (Å²) in [4.78, 5) is 15.9. The van der Waals surface area contributed by atoms with E-state index in [1.54, 1.807) is 0 Å². The minimum atomic E-state index is -4.23. The summed E-state index contributed by atoms with van der Waals surface area (Å²) in [7, 11) is -4.23. The number of carbonyl (C=O) groups is 1. The van der Waals surface area contributed by atoms with Crippen molar-refractivity contribution in [3.63, 3.8) is 0 Å². The number of hydrogen-bond donors (Lipinski definition) is 3. The van der Waals surface area contributed by atoms with E-state index in [0.717, 1.165) is 36.4 Å². The van der Waals surface area contributed by atoms with E-state index in [1.165, 1.54) is 12.1 Å². The van der Waals surface area contributed by atoms with Crippen LogP contribution in [0.15, 0.2) is 53.4 Å². The molecule has 2 aromatic carbocycles. The van der Waals surface area contributed by atoms with Crippen molar-refractivity contribution in [2.24, 2.45) is 11.8 Å². The van der Waals surface area contributed by atoms with Crippen molar-refractivity contribution < 1.29 is 45.4 Å². The van der Waals surface area contributed by atoms with E-state index in [-0.39, 0.29) is 46.9 Å². The molecule has 0 spiro atoms. The number of aromatic nitrogens is 1. The van der Waals surface area contributed by atoms with Gasteiger partial charge in [0.25, 0.3) is 12.3 Å². The average molecular weight is 631 g/mol. The summed E-state index contributed by atoms with van der Waals surface area (Å²) in [6, 6.07) is 7.72. The number of amides is 1. The number of pyridine rings is 1. The van der Waals surface area contributed by atoms with Gasteiger partial charge in [0, 0.05) is 17.3 Å². The summed E-state index contributed by atoms with van der Waals surface area (Å²) < 4.78 is 95.2. The number of aliphatic hydroxyl groups excluding tert-OH is 1. The Labute approximate surface area is 242 Å². The Kier molecular flexibility index (Phi) is 8.07. The second-order valence-corrected chi connectivity index (χ2v) is 13.1. The maximum absolute atomic E-state index is 14.5.